The predicted octanol–water partition coefficient (Wildman–Crippen LogP) is 2.89. The van der Waals surface area contributed by atoms with Crippen molar-refractivity contribution in [1.82, 2.24) is 10.9 Å². The van der Waals surface area contributed by atoms with Crippen molar-refractivity contribution in [2.24, 2.45) is 0 Å². The first-order valence-corrected chi connectivity index (χ1v) is 8.08. The number of hydrogen-bond donors (Lipinski definition) is 2. The average Bonchev–Trinajstić information content (AvgIpc) is 2.60. The summed E-state index contributed by atoms with van der Waals surface area (Å²) in [5.41, 5.74) is 5.85. The fourth-order valence-electron chi connectivity index (χ4n) is 2.02. The Morgan fingerprint density at radius 3 is 2.40 bits per heavy atom. The van der Waals surface area contributed by atoms with Crippen LogP contribution in [0.3, 0.4) is 0 Å². The third-order valence-corrected chi connectivity index (χ3v) is 3.47. The zero-order chi connectivity index (χ0) is 18.2. The molecule has 2 rings (SSSR count). The van der Waals surface area contributed by atoms with Crippen LogP contribution < -0.4 is 20.3 Å². The van der Waals surface area contributed by atoms with E-state index in [-0.39, 0.29) is 6.61 Å². The van der Waals surface area contributed by atoms with Gasteiger partial charge < -0.3 is 9.47 Å². The minimum atomic E-state index is -0.478. The van der Waals surface area contributed by atoms with Crippen LogP contribution >= 0.6 is 11.6 Å². The van der Waals surface area contributed by atoms with Crippen molar-refractivity contribution in [1.29, 1.82) is 0 Å². The summed E-state index contributed by atoms with van der Waals surface area (Å²) in [6.45, 7) is 4.03. The van der Waals surface area contributed by atoms with Gasteiger partial charge in [-0.15, -0.1) is 0 Å². The predicted molar refractivity (Wildman–Crippen MR) is 94.9 cm³/mol. The van der Waals surface area contributed by atoms with Gasteiger partial charge in [0, 0.05) is 10.6 Å². The first-order valence-electron chi connectivity index (χ1n) is 7.70. The van der Waals surface area contributed by atoms with Gasteiger partial charge in [0.1, 0.15) is 11.5 Å². The van der Waals surface area contributed by atoms with Gasteiger partial charge in [0.2, 0.25) is 0 Å². The van der Waals surface area contributed by atoms with E-state index in [1.165, 1.54) is 0 Å². The maximum absolute atomic E-state index is 12.0. The van der Waals surface area contributed by atoms with Gasteiger partial charge in [0.25, 0.3) is 11.8 Å². The van der Waals surface area contributed by atoms with Crippen LogP contribution in [0.2, 0.25) is 5.02 Å². The fourth-order valence-corrected chi connectivity index (χ4v) is 2.25. The standard InChI is InChI=1S/C18H19ClN2O4/c1-3-24-15-7-4-13(5-8-15)18(23)21-20-17(22)11-25-16-9-6-14(19)10-12(16)2/h4-10H,3,11H2,1-2H3,(H,20,22)(H,21,23). The van der Waals surface area contributed by atoms with E-state index in [1.54, 1.807) is 42.5 Å². The number of carbonyl (C=O) groups is 2. The molecule has 0 bridgehead atoms. The van der Waals surface area contributed by atoms with Crippen LogP contribution in [-0.4, -0.2) is 25.0 Å². The topological polar surface area (TPSA) is 76.7 Å². The summed E-state index contributed by atoms with van der Waals surface area (Å²) >= 11 is 5.86. The summed E-state index contributed by atoms with van der Waals surface area (Å²) in [6, 6.07) is 11.7. The third kappa shape index (κ3) is 5.69. The molecule has 0 aromatic heterocycles. The Hall–Kier alpha value is -2.73. The summed E-state index contributed by atoms with van der Waals surface area (Å²) in [7, 11) is 0. The van der Waals surface area contributed by atoms with Crippen molar-refractivity contribution in [3.05, 3.63) is 58.6 Å². The van der Waals surface area contributed by atoms with Gasteiger partial charge in [0.15, 0.2) is 6.61 Å². The normalized spacial score (nSPS) is 10.0. The van der Waals surface area contributed by atoms with Crippen molar-refractivity contribution in [2.75, 3.05) is 13.2 Å². The zero-order valence-electron chi connectivity index (χ0n) is 14.0. The molecule has 0 unspecified atom stereocenters. The molecule has 0 heterocycles. The van der Waals surface area contributed by atoms with Gasteiger partial charge in [-0.05, 0) is 61.9 Å². The molecule has 2 aromatic rings. The molecule has 0 aliphatic heterocycles. The van der Waals surface area contributed by atoms with Gasteiger partial charge in [-0.1, -0.05) is 11.6 Å². The lowest BCUT2D eigenvalue weighted by atomic mass is 10.2. The van der Waals surface area contributed by atoms with Crippen LogP contribution in [0.1, 0.15) is 22.8 Å². The lowest BCUT2D eigenvalue weighted by molar-refractivity contribution is -0.123. The number of aryl methyl sites for hydroxylation is 1. The lowest BCUT2D eigenvalue weighted by Crippen LogP contribution is -2.43. The van der Waals surface area contributed by atoms with Crippen molar-refractivity contribution in [3.63, 3.8) is 0 Å². The van der Waals surface area contributed by atoms with E-state index in [0.29, 0.717) is 28.7 Å². The SMILES string of the molecule is CCOc1ccc(C(=O)NNC(=O)COc2ccc(Cl)cc2C)cc1. The molecule has 0 radical (unpaired) electrons. The second kappa shape index (κ2) is 8.94. The number of hydrogen-bond acceptors (Lipinski definition) is 4. The molecule has 0 aliphatic carbocycles. The van der Waals surface area contributed by atoms with E-state index in [1.807, 2.05) is 13.8 Å². The first-order chi connectivity index (χ1) is 12.0. The second-order valence-electron chi connectivity index (χ2n) is 5.16. The smallest absolute Gasteiger partial charge is 0.276 e. The Balaban J connectivity index is 1.79. The molecule has 6 nitrogen and oxygen atoms in total. The lowest BCUT2D eigenvalue weighted by Gasteiger charge is -2.11. The van der Waals surface area contributed by atoms with Crippen molar-refractivity contribution < 1.29 is 19.1 Å². The highest BCUT2D eigenvalue weighted by Gasteiger charge is 2.09. The van der Waals surface area contributed by atoms with E-state index >= 15 is 0 Å². The van der Waals surface area contributed by atoms with Crippen molar-refractivity contribution >= 4 is 23.4 Å². The van der Waals surface area contributed by atoms with Crippen LogP contribution in [-0.2, 0) is 4.79 Å². The number of amides is 2. The molecule has 25 heavy (non-hydrogen) atoms. The molecule has 0 saturated heterocycles. The zero-order valence-corrected chi connectivity index (χ0v) is 14.7. The van der Waals surface area contributed by atoms with Gasteiger partial charge in [-0.3, -0.25) is 20.4 Å². The van der Waals surface area contributed by atoms with E-state index in [0.717, 1.165) is 5.56 Å². The van der Waals surface area contributed by atoms with E-state index < -0.39 is 11.8 Å². The number of halogens is 1. The quantitative estimate of drug-likeness (QED) is 0.775. The number of ether oxygens (including phenoxy) is 2. The Kier molecular flexibility index (Phi) is 6.65. The molecule has 0 aliphatic rings. The number of rotatable bonds is 6. The highest BCUT2D eigenvalue weighted by molar-refractivity contribution is 6.30. The van der Waals surface area contributed by atoms with Crippen LogP contribution in [0.25, 0.3) is 0 Å². The van der Waals surface area contributed by atoms with Gasteiger partial charge in [0.05, 0.1) is 6.61 Å². The monoisotopic (exact) mass is 362 g/mol. The maximum atomic E-state index is 12.0. The average molecular weight is 363 g/mol. The molecular weight excluding hydrogens is 344 g/mol. The molecule has 2 N–H and O–H groups in total. The molecule has 0 fully saturated rings. The van der Waals surface area contributed by atoms with Crippen LogP contribution in [0.4, 0.5) is 0 Å². The Bertz CT molecular complexity index is 747. The van der Waals surface area contributed by atoms with Crippen molar-refractivity contribution in [2.45, 2.75) is 13.8 Å². The van der Waals surface area contributed by atoms with E-state index in [9.17, 15) is 9.59 Å². The Morgan fingerprint density at radius 2 is 1.76 bits per heavy atom. The van der Waals surface area contributed by atoms with Crippen LogP contribution in [0, 0.1) is 6.92 Å². The molecule has 0 saturated carbocycles. The van der Waals surface area contributed by atoms with Crippen molar-refractivity contribution in [3.8, 4) is 11.5 Å². The van der Waals surface area contributed by atoms with Crippen LogP contribution in [0.5, 0.6) is 11.5 Å². The Labute approximate surface area is 151 Å². The minimum Gasteiger partial charge on any atom is -0.494 e. The molecule has 0 atom stereocenters. The maximum Gasteiger partial charge on any atom is 0.276 e. The number of benzene rings is 2. The minimum absolute atomic E-state index is 0.230. The summed E-state index contributed by atoms with van der Waals surface area (Å²) < 4.78 is 10.7. The molecule has 132 valence electrons. The molecule has 0 spiro atoms. The Morgan fingerprint density at radius 1 is 1.04 bits per heavy atom. The molecule has 7 heteroatoms. The largest absolute Gasteiger partial charge is 0.494 e. The number of nitrogens with one attached hydrogen (secondary N) is 2. The first kappa shape index (κ1) is 18.6. The molecule has 2 amide bonds. The number of hydrazine groups is 1. The fraction of sp³-hybridized carbons (Fsp3) is 0.222. The summed E-state index contributed by atoms with van der Waals surface area (Å²) in [5, 5.41) is 0.594. The molecular formula is C18H19ClN2O4. The summed E-state index contributed by atoms with van der Waals surface area (Å²) in [4.78, 5) is 23.7. The van der Waals surface area contributed by atoms with Gasteiger partial charge in [-0.2, -0.15) is 0 Å². The highest BCUT2D eigenvalue weighted by atomic mass is 35.5. The van der Waals surface area contributed by atoms with Gasteiger partial charge >= 0.3 is 0 Å². The highest BCUT2D eigenvalue weighted by Crippen LogP contribution is 2.21. The summed E-state index contributed by atoms with van der Waals surface area (Å²) in [6.07, 6.45) is 0. The molecule has 2 aromatic carbocycles. The van der Waals surface area contributed by atoms with E-state index in [4.69, 9.17) is 21.1 Å². The summed E-state index contributed by atoms with van der Waals surface area (Å²) in [5.74, 6) is 0.319. The number of carbonyl (C=O) groups excluding carboxylic acids is 2. The van der Waals surface area contributed by atoms with E-state index in [2.05, 4.69) is 10.9 Å². The van der Waals surface area contributed by atoms with Gasteiger partial charge in [-0.25, -0.2) is 0 Å². The van der Waals surface area contributed by atoms with Crippen LogP contribution in [0.15, 0.2) is 42.5 Å². The third-order valence-electron chi connectivity index (χ3n) is 3.24. The second-order valence-corrected chi connectivity index (χ2v) is 5.59.